The topological polar surface area (TPSA) is 34.2 Å². The van der Waals surface area contributed by atoms with Crippen LogP contribution in [0.25, 0.3) is 0 Å². The number of nitrogens with zero attached hydrogens (tertiary/aromatic N) is 2. The molecule has 1 saturated heterocycles. The summed E-state index contributed by atoms with van der Waals surface area (Å²) < 4.78 is 43.6. The van der Waals surface area contributed by atoms with Gasteiger partial charge in [-0.2, -0.15) is 0 Å². The highest BCUT2D eigenvalue weighted by Gasteiger charge is 2.18. The number of halogens is 2. The zero-order valence-corrected chi connectivity index (χ0v) is 21.8. The van der Waals surface area contributed by atoms with Crippen LogP contribution >= 0.6 is 0 Å². The van der Waals surface area contributed by atoms with E-state index in [4.69, 9.17) is 14.2 Å². The quantitative estimate of drug-likeness (QED) is 0.269. The molecule has 2 aliphatic rings. The standard InChI is InChI=1S/C31H36F2N2O3/c32-26-9-5-24(6-10-26)29(25-7-11-27(33)12-8-25)4-2-1-3-15-34-16-18-35(19-17-34)20-21-36-28-13-14-30-31(22-28)38-23-37-30/h5-14,22,29H,1-4,15-21,23H2. The van der Waals surface area contributed by atoms with E-state index in [1.165, 1.54) is 24.3 Å². The maximum Gasteiger partial charge on any atom is 0.231 e. The van der Waals surface area contributed by atoms with Gasteiger partial charge >= 0.3 is 0 Å². The predicted molar refractivity (Wildman–Crippen MR) is 144 cm³/mol. The largest absolute Gasteiger partial charge is 0.492 e. The van der Waals surface area contributed by atoms with Gasteiger partial charge in [-0.15, -0.1) is 0 Å². The minimum atomic E-state index is -0.232. The maximum absolute atomic E-state index is 13.5. The van der Waals surface area contributed by atoms with Gasteiger partial charge in [0.1, 0.15) is 24.0 Å². The van der Waals surface area contributed by atoms with E-state index in [1.807, 2.05) is 42.5 Å². The highest BCUT2D eigenvalue weighted by molar-refractivity contribution is 5.46. The molecule has 3 aromatic rings. The summed E-state index contributed by atoms with van der Waals surface area (Å²) in [6, 6.07) is 19.1. The molecular weight excluding hydrogens is 486 g/mol. The summed E-state index contributed by atoms with van der Waals surface area (Å²) in [5.41, 5.74) is 2.16. The lowest BCUT2D eigenvalue weighted by Crippen LogP contribution is -2.47. The van der Waals surface area contributed by atoms with E-state index in [9.17, 15) is 8.78 Å². The molecule has 0 amide bonds. The Morgan fingerprint density at radius 3 is 1.95 bits per heavy atom. The van der Waals surface area contributed by atoms with E-state index in [0.717, 1.165) is 93.3 Å². The van der Waals surface area contributed by atoms with E-state index >= 15 is 0 Å². The third-order valence-corrected chi connectivity index (χ3v) is 7.50. The van der Waals surface area contributed by atoms with Crippen molar-refractivity contribution in [1.82, 2.24) is 9.80 Å². The molecule has 0 saturated carbocycles. The van der Waals surface area contributed by atoms with E-state index in [-0.39, 0.29) is 24.3 Å². The van der Waals surface area contributed by atoms with Crippen LogP contribution in [0.15, 0.2) is 66.7 Å². The fourth-order valence-corrected chi connectivity index (χ4v) is 5.27. The third-order valence-electron chi connectivity index (χ3n) is 7.50. The van der Waals surface area contributed by atoms with E-state index in [0.29, 0.717) is 6.61 Å². The van der Waals surface area contributed by atoms with Crippen LogP contribution in [0.5, 0.6) is 17.2 Å². The van der Waals surface area contributed by atoms with Crippen LogP contribution in [-0.2, 0) is 0 Å². The fourth-order valence-electron chi connectivity index (χ4n) is 5.27. The van der Waals surface area contributed by atoms with Gasteiger partial charge in [0.15, 0.2) is 11.5 Å². The van der Waals surface area contributed by atoms with E-state index in [2.05, 4.69) is 9.80 Å². The van der Waals surface area contributed by atoms with Gasteiger partial charge in [0.25, 0.3) is 0 Å². The molecule has 3 aromatic carbocycles. The van der Waals surface area contributed by atoms with E-state index in [1.54, 1.807) is 0 Å². The molecule has 2 heterocycles. The van der Waals surface area contributed by atoms with Gasteiger partial charge in [0, 0.05) is 44.7 Å². The average molecular weight is 523 g/mol. The molecule has 0 aromatic heterocycles. The average Bonchev–Trinajstić information content (AvgIpc) is 3.41. The Morgan fingerprint density at radius 1 is 0.684 bits per heavy atom. The summed E-state index contributed by atoms with van der Waals surface area (Å²) in [6.45, 7) is 7.23. The van der Waals surface area contributed by atoms with Gasteiger partial charge in [-0.3, -0.25) is 4.90 Å². The van der Waals surface area contributed by atoms with Gasteiger partial charge in [-0.05, 0) is 66.9 Å². The second-order valence-electron chi connectivity index (χ2n) is 10.1. The molecule has 2 aliphatic heterocycles. The SMILES string of the molecule is Fc1ccc(C(CCCCCN2CCN(CCOc3ccc4c(c3)OCO4)CC2)c2ccc(F)cc2)cc1. The monoisotopic (exact) mass is 522 g/mol. The Hall–Kier alpha value is -3.16. The van der Waals surface area contributed by atoms with Crippen molar-refractivity contribution in [3.63, 3.8) is 0 Å². The Labute approximate surface area is 223 Å². The summed E-state index contributed by atoms with van der Waals surface area (Å²) in [4.78, 5) is 5.01. The minimum Gasteiger partial charge on any atom is -0.492 e. The Bertz CT molecular complexity index is 1100. The molecule has 0 aliphatic carbocycles. The minimum absolute atomic E-state index is 0.152. The van der Waals surface area contributed by atoms with Crippen LogP contribution in [0.1, 0.15) is 42.7 Å². The second-order valence-corrected chi connectivity index (χ2v) is 10.1. The molecular formula is C31H36F2N2O3. The normalized spacial score (nSPS) is 15.8. The molecule has 0 unspecified atom stereocenters. The first-order valence-corrected chi connectivity index (χ1v) is 13.6. The predicted octanol–water partition coefficient (Wildman–Crippen LogP) is 6.08. The molecule has 0 N–H and O–H groups in total. The van der Waals surface area contributed by atoms with E-state index < -0.39 is 0 Å². The third kappa shape index (κ3) is 7.23. The lowest BCUT2D eigenvalue weighted by molar-refractivity contribution is 0.115. The van der Waals surface area contributed by atoms with Gasteiger partial charge in [-0.25, -0.2) is 8.78 Å². The van der Waals surface area contributed by atoms with Crippen LogP contribution < -0.4 is 14.2 Å². The lowest BCUT2D eigenvalue weighted by Gasteiger charge is -2.34. The van der Waals surface area contributed by atoms with Crippen molar-refractivity contribution in [2.24, 2.45) is 0 Å². The number of unbranched alkanes of at least 4 members (excludes halogenated alkanes) is 2. The zero-order valence-electron chi connectivity index (χ0n) is 21.8. The molecule has 1 fully saturated rings. The lowest BCUT2D eigenvalue weighted by atomic mass is 9.87. The number of benzene rings is 3. The van der Waals surface area contributed by atoms with Gasteiger partial charge in [0.2, 0.25) is 6.79 Å². The Kier molecular flexibility index (Phi) is 9.10. The van der Waals surface area contributed by atoms with Crippen LogP contribution in [0.2, 0.25) is 0 Å². The van der Waals surface area contributed by atoms with Crippen molar-refractivity contribution in [2.75, 3.05) is 52.7 Å². The van der Waals surface area contributed by atoms with Crippen molar-refractivity contribution in [3.8, 4) is 17.2 Å². The molecule has 0 radical (unpaired) electrons. The number of hydrogen-bond acceptors (Lipinski definition) is 5. The summed E-state index contributed by atoms with van der Waals surface area (Å²) in [5, 5.41) is 0. The van der Waals surface area contributed by atoms with Crippen molar-refractivity contribution in [3.05, 3.63) is 89.5 Å². The van der Waals surface area contributed by atoms with Crippen LogP contribution in [0.4, 0.5) is 8.78 Å². The summed E-state index contributed by atoms with van der Waals surface area (Å²) in [6.07, 6.45) is 4.35. The molecule has 202 valence electrons. The first kappa shape index (κ1) is 26.4. The van der Waals surface area contributed by atoms with Crippen LogP contribution in [0.3, 0.4) is 0 Å². The highest BCUT2D eigenvalue weighted by Crippen LogP contribution is 2.35. The molecule has 38 heavy (non-hydrogen) atoms. The Balaban J connectivity index is 0.986. The summed E-state index contributed by atoms with van der Waals surface area (Å²) in [7, 11) is 0. The van der Waals surface area contributed by atoms with Gasteiger partial charge in [0.05, 0.1) is 0 Å². The van der Waals surface area contributed by atoms with Crippen LogP contribution in [-0.4, -0.2) is 62.5 Å². The smallest absolute Gasteiger partial charge is 0.231 e. The van der Waals surface area contributed by atoms with Crippen molar-refractivity contribution in [1.29, 1.82) is 0 Å². The molecule has 0 bridgehead atoms. The molecule has 5 rings (SSSR count). The van der Waals surface area contributed by atoms with Crippen molar-refractivity contribution < 1.29 is 23.0 Å². The highest BCUT2D eigenvalue weighted by atomic mass is 19.1. The molecule has 0 atom stereocenters. The fraction of sp³-hybridized carbons (Fsp3) is 0.419. The van der Waals surface area contributed by atoms with Gasteiger partial charge < -0.3 is 19.1 Å². The molecule has 0 spiro atoms. The Morgan fingerprint density at radius 2 is 1.29 bits per heavy atom. The number of hydrogen-bond donors (Lipinski definition) is 0. The zero-order chi connectivity index (χ0) is 26.2. The number of rotatable bonds is 12. The number of piperazine rings is 1. The number of ether oxygens (including phenoxy) is 3. The van der Waals surface area contributed by atoms with Crippen LogP contribution in [0, 0.1) is 11.6 Å². The van der Waals surface area contributed by atoms with Gasteiger partial charge in [-0.1, -0.05) is 37.1 Å². The van der Waals surface area contributed by atoms with Crippen molar-refractivity contribution >= 4 is 0 Å². The summed E-state index contributed by atoms with van der Waals surface area (Å²) >= 11 is 0. The second kappa shape index (κ2) is 13.1. The first-order valence-electron chi connectivity index (χ1n) is 13.6. The van der Waals surface area contributed by atoms with Crippen molar-refractivity contribution in [2.45, 2.75) is 31.6 Å². The molecule has 7 heteroatoms. The first-order chi connectivity index (χ1) is 18.6. The number of fused-ring (bicyclic) bond motifs is 1. The maximum atomic E-state index is 13.5. The summed E-state index contributed by atoms with van der Waals surface area (Å²) in [5.74, 6) is 2.02. The molecule has 5 nitrogen and oxygen atoms in total.